The summed E-state index contributed by atoms with van der Waals surface area (Å²) in [6.45, 7) is 39.0. The third-order valence-corrected chi connectivity index (χ3v) is 13.4. The molecule has 3 unspecified atom stereocenters. The van der Waals surface area contributed by atoms with Crippen molar-refractivity contribution < 1.29 is 0 Å². The van der Waals surface area contributed by atoms with Crippen LogP contribution < -0.4 is 5.30 Å². The van der Waals surface area contributed by atoms with Crippen molar-refractivity contribution >= 4 is 13.2 Å². The molecule has 1 fully saturated rings. The molecule has 0 aromatic heterocycles. The zero-order valence-corrected chi connectivity index (χ0v) is 28.8. The minimum absolute atomic E-state index is 0.289. The van der Waals surface area contributed by atoms with Gasteiger partial charge in [-0.15, -0.1) is 0 Å². The Morgan fingerprint density at radius 2 is 1.11 bits per heavy atom. The van der Waals surface area contributed by atoms with Crippen molar-refractivity contribution in [1.82, 2.24) is 0 Å². The molecule has 1 saturated heterocycles. The third-order valence-electron chi connectivity index (χ3n) is 9.72. The van der Waals surface area contributed by atoms with Crippen LogP contribution in [-0.4, -0.2) is 11.8 Å². The fraction of sp³-hybridized carbons (Fsp3) is 0.676. The first-order valence-corrected chi connectivity index (χ1v) is 16.9. The summed E-state index contributed by atoms with van der Waals surface area (Å²) in [6, 6.07) is 5.12. The molecule has 1 aliphatic rings. The van der Waals surface area contributed by atoms with E-state index in [1.54, 1.807) is 33.1 Å². The molecule has 0 N–H and O–H groups in total. The lowest BCUT2D eigenvalue weighted by Crippen LogP contribution is -2.38. The molecule has 0 saturated carbocycles. The molecule has 0 radical (unpaired) electrons. The monoisotopic (exact) mass is 534 g/mol. The summed E-state index contributed by atoms with van der Waals surface area (Å²) in [5.41, 5.74) is 15.3. The van der Waals surface area contributed by atoms with E-state index in [1.807, 2.05) is 0 Å². The van der Waals surface area contributed by atoms with Gasteiger partial charge in [0.15, 0.2) is 0 Å². The summed E-state index contributed by atoms with van der Waals surface area (Å²) in [5, 5.41) is 1.74. The molecule has 0 spiro atoms. The smallest absolute Gasteiger partial charge is 0.00663 e. The molecular formula is C37H59P. The van der Waals surface area contributed by atoms with Crippen LogP contribution in [0.25, 0.3) is 11.1 Å². The molecule has 3 atom stereocenters. The summed E-state index contributed by atoms with van der Waals surface area (Å²) < 4.78 is 0. The number of hydrogen-bond acceptors (Lipinski definition) is 0. The van der Waals surface area contributed by atoms with E-state index in [0.29, 0.717) is 28.6 Å². The zero-order valence-electron chi connectivity index (χ0n) is 27.9. The molecule has 212 valence electrons. The summed E-state index contributed by atoms with van der Waals surface area (Å²) >= 11 is 0. The molecule has 1 aliphatic heterocycles. The highest BCUT2D eigenvalue weighted by atomic mass is 31.1. The molecule has 1 heterocycles. The van der Waals surface area contributed by atoms with Gasteiger partial charge in [-0.05, 0) is 136 Å². The van der Waals surface area contributed by atoms with E-state index in [0.717, 1.165) is 11.6 Å². The summed E-state index contributed by atoms with van der Waals surface area (Å²) in [7, 11) is -0.289. The van der Waals surface area contributed by atoms with Crippen LogP contribution in [-0.2, 0) is 0 Å². The first-order valence-electron chi connectivity index (χ1n) is 15.4. The Kier molecular flexibility index (Phi) is 9.12. The van der Waals surface area contributed by atoms with Gasteiger partial charge in [-0.25, -0.2) is 0 Å². The van der Waals surface area contributed by atoms with E-state index in [9.17, 15) is 0 Å². The van der Waals surface area contributed by atoms with Gasteiger partial charge in [0.2, 0.25) is 0 Å². The lowest BCUT2D eigenvalue weighted by molar-refractivity contribution is 0.180. The van der Waals surface area contributed by atoms with E-state index in [-0.39, 0.29) is 7.92 Å². The van der Waals surface area contributed by atoms with Crippen molar-refractivity contribution in [3.63, 3.8) is 0 Å². The number of rotatable bonds is 5. The fourth-order valence-electron chi connectivity index (χ4n) is 7.22. The molecule has 2 aromatic rings. The zero-order chi connectivity index (χ0) is 29.1. The Bertz CT molecular complexity index is 1130. The Balaban J connectivity index is 2.52. The predicted octanol–water partition coefficient (Wildman–Crippen LogP) is 11.5. The summed E-state index contributed by atoms with van der Waals surface area (Å²) in [6.07, 6.45) is 2.73. The van der Waals surface area contributed by atoms with Gasteiger partial charge in [0.25, 0.3) is 0 Å². The highest BCUT2D eigenvalue weighted by Crippen LogP contribution is 2.64. The van der Waals surface area contributed by atoms with Crippen molar-refractivity contribution in [3.05, 3.63) is 51.1 Å². The van der Waals surface area contributed by atoms with Crippen LogP contribution in [0.1, 0.15) is 146 Å². The SMILES string of the molecule is Cc1c(C)c(C)c(P2CCC(C(C)(C)C)C2C(C)(C)C)c(-c2c(C(C)C)cc(C(C)C)cc2C(C)C)c1C. The summed E-state index contributed by atoms with van der Waals surface area (Å²) in [5.74, 6) is 2.29. The van der Waals surface area contributed by atoms with Crippen molar-refractivity contribution in [2.45, 2.75) is 141 Å². The van der Waals surface area contributed by atoms with Gasteiger partial charge in [-0.3, -0.25) is 0 Å². The second kappa shape index (κ2) is 11.0. The van der Waals surface area contributed by atoms with E-state index >= 15 is 0 Å². The Morgan fingerprint density at radius 3 is 1.50 bits per heavy atom. The molecule has 0 aliphatic carbocycles. The maximum absolute atomic E-state index is 2.56. The van der Waals surface area contributed by atoms with Gasteiger partial charge >= 0.3 is 0 Å². The van der Waals surface area contributed by atoms with Crippen LogP contribution in [0.4, 0.5) is 0 Å². The van der Waals surface area contributed by atoms with Crippen molar-refractivity contribution in [1.29, 1.82) is 0 Å². The lowest BCUT2D eigenvalue weighted by atomic mass is 9.71. The van der Waals surface area contributed by atoms with Crippen LogP contribution in [0.5, 0.6) is 0 Å². The molecular weight excluding hydrogens is 475 g/mol. The Hall–Kier alpha value is -1.13. The molecule has 2 aromatic carbocycles. The first-order chi connectivity index (χ1) is 17.3. The van der Waals surface area contributed by atoms with Crippen LogP contribution in [0, 0.1) is 44.4 Å². The minimum Gasteiger partial charge on any atom is -0.0703 e. The normalized spacial score (nSPS) is 20.9. The third kappa shape index (κ3) is 5.69. The topological polar surface area (TPSA) is 0 Å². The molecule has 1 heteroatoms. The van der Waals surface area contributed by atoms with E-state index in [1.165, 1.54) is 34.8 Å². The Morgan fingerprint density at radius 1 is 0.632 bits per heavy atom. The number of hydrogen-bond donors (Lipinski definition) is 0. The van der Waals surface area contributed by atoms with E-state index in [2.05, 4.69) is 123 Å². The lowest BCUT2D eigenvalue weighted by Gasteiger charge is -2.43. The second-order valence-electron chi connectivity index (χ2n) is 15.5. The molecule has 0 bridgehead atoms. The van der Waals surface area contributed by atoms with Crippen LogP contribution in [0.15, 0.2) is 12.1 Å². The summed E-state index contributed by atoms with van der Waals surface area (Å²) in [4.78, 5) is 0. The van der Waals surface area contributed by atoms with Gasteiger partial charge in [0.1, 0.15) is 0 Å². The van der Waals surface area contributed by atoms with Gasteiger partial charge in [0.05, 0.1) is 0 Å². The van der Waals surface area contributed by atoms with Gasteiger partial charge < -0.3 is 0 Å². The molecule has 38 heavy (non-hydrogen) atoms. The first kappa shape index (κ1) is 31.4. The predicted molar refractivity (Wildman–Crippen MR) is 175 cm³/mol. The average molecular weight is 535 g/mol. The fourth-order valence-corrected chi connectivity index (χ4v) is 11.7. The van der Waals surface area contributed by atoms with Gasteiger partial charge in [-0.1, -0.05) is 103 Å². The minimum atomic E-state index is -0.289. The maximum atomic E-state index is 2.56. The largest absolute Gasteiger partial charge is 0.0703 e. The van der Waals surface area contributed by atoms with Crippen molar-refractivity contribution in [2.24, 2.45) is 16.7 Å². The highest BCUT2D eigenvalue weighted by molar-refractivity contribution is 7.67. The van der Waals surface area contributed by atoms with Crippen LogP contribution in [0.3, 0.4) is 0 Å². The maximum Gasteiger partial charge on any atom is -0.00663 e. The quantitative estimate of drug-likeness (QED) is 0.335. The molecule has 0 nitrogen and oxygen atoms in total. The standard InChI is InChI=1S/C37H59P/c1-21(2)28-19-29(22(3)4)33(30(20-28)23(5)6)32-26(9)24(7)25(8)27(10)34(32)38-18-17-31(36(11,12)13)35(38)37(14,15)16/h19-23,31,35H,17-18H2,1-16H3. The highest BCUT2D eigenvalue weighted by Gasteiger charge is 2.49. The molecule has 0 amide bonds. The van der Waals surface area contributed by atoms with Gasteiger partial charge in [-0.2, -0.15) is 0 Å². The molecule has 3 rings (SSSR count). The van der Waals surface area contributed by atoms with Crippen LogP contribution >= 0.6 is 7.92 Å². The van der Waals surface area contributed by atoms with E-state index < -0.39 is 0 Å². The van der Waals surface area contributed by atoms with Crippen LogP contribution in [0.2, 0.25) is 0 Å². The van der Waals surface area contributed by atoms with Crippen molar-refractivity contribution in [2.75, 3.05) is 6.16 Å². The van der Waals surface area contributed by atoms with Crippen molar-refractivity contribution in [3.8, 4) is 11.1 Å². The van der Waals surface area contributed by atoms with E-state index in [4.69, 9.17) is 0 Å². The number of benzene rings is 2. The second-order valence-corrected chi connectivity index (χ2v) is 17.9. The average Bonchev–Trinajstić information content (AvgIpc) is 3.25. The van der Waals surface area contributed by atoms with Gasteiger partial charge in [0, 0.05) is 0 Å². The Labute approximate surface area is 238 Å².